The van der Waals surface area contributed by atoms with E-state index in [1.54, 1.807) is 0 Å². The second-order valence-corrected chi connectivity index (χ2v) is 3.69. The zero-order chi connectivity index (χ0) is 9.59. The molecule has 0 amide bonds. The number of fused-ring (bicyclic) bond motifs is 2. The van der Waals surface area contributed by atoms with E-state index in [1.807, 2.05) is 0 Å². The number of piperidine rings is 2. The van der Waals surface area contributed by atoms with Crippen LogP contribution in [0.3, 0.4) is 0 Å². The summed E-state index contributed by atoms with van der Waals surface area (Å²) in [6.45, 7) is 15.8. The van der Waals surface area contributed by atoms with E-state index in [4.69, 9.17) is 0 Å². The highest BCUT2D eigenvalue weighted by Gasteiger charge is 2.35. The molecule has 2 aliphatic heterocycles. The Hall–Kier alpha value is -1.44. The lowest BCUT2D eigenvalue weighted by Gasteiger charge is -2.41. The van der Waals surface area contributed by atoms with Crippen LogP contribution in [0.5, 0.6) is 0 Å². The fourth-order valence-electron chi connectivity index (χ4n) is 1.99. The Morgan fingerprint density at radius 2 is 1.08 bits per heavy atom. The van der Waals surface area contributed by atoms with Crippen molar-refractivity contribution in [3.63, 3.8) is 0 Å². The summed E-state index contributed by atoms with van der Waals surface area (Å²) in [6, 6.07) is 0. The van der Waals surface area contributed by atoms with Crippen molar-refractivity contribution in [1.82, 2.24) is 10.6 Å². The van der Waals surface area contributed by atoms with Crippen molar-refractivity contribution in [3.8, 4) is 0 Å². The fraction of sp³-hybridized carbons (Fsp3) is 0.273. The van der Waals surface area contributed by atoms with E-state index in [2.05, 4.69) is 36.9 Å². The maximum atomic E-state index is 3.96. The number of nitrogens with one attached hydrogen (secondary N) is 2. The molecule has 68 valence electrons. The van der Waals surface area contributed by atoms with Crippen molar-refractivity contribution in [2.24, 2.45) is 11.8 Å². The van der Waals surface area contributed by atoms with Gasteiger partial charge in [0, 0.05) is 34.6 Å². The van der Waals surface area contributed by atoms with Crippen molar-refractivity contribution < 1.29 is 0 Å². The van der Waals surface area contributed by atoms with Gasteiger partial charge in [0.2, 0.25) is 0 Å². The van der Waals surface area contributed by atoms with Gasteiger partial charge in [0.05, 0.1) is 0 Å². The quantitative estimate of drug-likeness (QED) is 0.586. The van der Waals surface area contributed by atoms with Gasteiger partial charge in [0.15, 0.2) is 0 Å². The van der Waals surface area contributed by atoms with E-state index in [9.17, 15) is 0 Å². The van der Waals surface area contributed by atoms with Crippen molar-refractivity contribution in [3.05, 3.63) is 49.1 Å². The van der Waals surface area contributed by atoms with Crippen molar-refractivity contribution in [1.29, 1.82) is 0 Å². The highest BCUT2D eigenvalue weighted by molar-refractivity contribution is 5.34. The summed E-state index contributed by atoms with van der Waals surface area (Å²) >= 11 is 0. The molecule has 2 fully saturated rings. The van der Waals surface area contributed by atoms with E-state index in [1.165, 1.54) is 0 Å². The molecule has 2 nitrogen and oxygen atoms in total. The van der Waals surface area contributed by atoms with Crippen LogP contribution >= 0.6 is 0 Å². The summed E-state index contributed by atoms with van der Waals surface area (Å²) in [6.07, 6.45) is 1.01. The summed E-state index contributed by atoms with van der Waals surface area (Å²) in [4.78, 5) is 0. The topological polar surface area (TPSA) is 24.1 Å². The molecule has 0 aromatic heterocycles. The Labute approximate surface area is 78.7 Å². The maximum absolute atomic E-state index is 3.96. The Balaban J connectivity index is 2.34. The molecule has 0 aromatic rings. The number of rotatable bonds is 0. The highest BCUT2D eigenvalue weighted by atomic mass is 15.0. The fourth-order valence-corrected chi connectivity index (χ4v) is 1.99. The molecule has 2 saturated heterocycles. The van der Waals surface area contributed by atoms with Gasteiger partial charge in [-0.25, -0.2) is 0 Å². The Morgan fingerprint density at radius 3 is 1.38 bits per heavy atom. The van der Waals surface area contributed by atoms with Gasteiger partial charge in [0.1, 0.15) is 0 Å². The molecule has 0 spiro atoms. The van der Waals surface area contributed by atoms with Crippen molar-refractivity contribution >= 4 is 0 Å². The molecule has 2 bridgehead atoms. The summed E-state index contributed by atoms with van der Waals surface area (Å²) in [5.74, 6) is 0.641. The average molecular weight is 174 g/mol. The van der Waals surface area contributed by atoms with Gasteiger partial charge >= 0.3 is 0 Å². The van der Waals surface area contributed by atoms with Gasteiger partial charge < -0.3 is 10.6 Å². The largest absolute Gasteiger partial charge is 0.362 e. The minimum absolute atomic E-state index is 0.320. The molecular formula is C11H14N2. The van der Waals surface area contributed by atoms with Gasteiger partial charge in [-0.2, -0.15) is 0 Å². The lowest BCUT2D eigenvalue weighted by molar-refractivity contribution is 0.396. The van der Waals surface area contributed by atoms with Crippen LogP contribution in [-0.2, 0) is 0 Å². The molecule has 0 saturated carbocycles. The summed E-state index contributed by atoms with van der Waals surface area (Å²) < 4.78 is 0. The monoisotopic (exact) mass is 174 g/mol. The molecule has 2 heterocycles. The second kappa shape index (κ2) is 2.52. The van der Waals surface area contributed by atoms with Crippen LogP contribution in [0.15, 0.2) is 49.1 Å². The predicted octanol–water partition coefficient (Wildman–Crippen LogP) is 1.87. The summed E-state index contributed by atoms with van der Waals surface area (Å²) in [5, 5.41) is 6.38. The lowest BCUT2D eigenvalue weighted by Crippen LogP contribution is -2.42. The van der Waals surface area contributed by atoms with Crippen LogP contribution in [0.1, 0.15) is 6.42 Å². The predicted molar refractivity (Wildman–Crippen MR) is 54.4 cm³/mol. The van der Waals surface area contributed by atoms with Gasteiger partial charge in [-0.15, -0.1) is 0 Å². The summed E-state index contributed by atoms with van der Waals surface area (Å²) in [5.41, 5.74) is 3.97. The molecule has 0 unspecified atom stereocenters. The minimum Gasteiger partial charge on any atom is -0.362 e. The molecule has 13 heavy (non-hydrogen) atoms. The molecule has 0 aliphatic carbocycles. The summed E-state index contributed by atoms with van der Waals surface area (Å²) in [7, 11) is 0. The van der Waals surface area contributed by atoms with Crippen molar-refractivity contribution in [2.75, 3.05) is 0 Å². The Bertz CT molecular complexity index is 265. The normalized spacial score (nSPS) is 32.6. The smallest absolute Gasteiger partial charge is 0.0390 e. The molecule has 0 radical (unpaired) electrons. The zero-order valence-corrected chi connectivity index (χ0v) is 7.69. The molecular weight excluding hydrogens is 160 g/mol. The third-order valence-electron chi connectivity index (χ3n) is 2.80. The standard InChI is InChI=1S/C11H14N2/c1-6-10-5-11(8(3)12-6)9(4)13-7(10)2/h10-13H,1-5H2. The molecule has 2 heteroatoms. The molecule has 0 aromatic carbocycles. The first kappa shape index (κ1) is 8.17. The van der Waals surface area contributed by atoms with Gasteiger partial charge in [-0.05, 0) is 6.42 Å². The van der Waals surface area contributed by atoms with Gasteiger partial charge in [-0.1, -0.05) is 26.3 Å². The second-order valence-electron chi connectivity index (χ2n) is 3.69. The first-order valence-electron chi connectivity index (χ1n) is 4.39. The van der Waals surface area contributed by atoms with Crippen LogP contribution in [0.2, 0.25) is 0 Å². The van der Waals surface area contributed by atoms with E-state index in [-0.39, 0.29) is 0 Å². The van der Waals surface area contributed by atoms with Crippen LogP contribution in [0.25, 0.3) is 0 Å². The third kappa shape index (κ3) is 1.10. The maximum Gasteiger partial charge on any atom is 0.0390 e. The lowest BCUT2D eigenvalue weighted by atomic mass is 9.79. The third-order valence-corrected chi connectivity index (χ3v) is 2.80. The van der Waals surface area contributed by atoms with Crippen LogP contribution in [0, 0.1) is 11.8 Å². The Kier molecular flexibility index (Phi) is 1.59. The molecule has 2 aliphatic rings. The first-order chi connectivity index (χ1) is 6.09. The SMILES string of the molecule is C=C1NC(=C)C2CC1C(=C)NC2=C. The number of hydrogen-bond acceptors (Lipinski definition) is 2. The highest BCUT2D eigenvalue weighted by Crippen LogP contribution is 2.38. The van der Waals surface area contributed by atoms with Crippen LogP contribution in [0.4, 0.5) is 0 Å². The van der Waals surface area contributed by atoms with E-state index >= 15 is 0 Å². The minimum atomic E-state index is 0.320. The Morgan fingerprint density at radius 1 is 0.769 bits per heavy atom. The van der Waals surface area contributed by atoms with Gasteiger partial charge in [-0.3, -0.25) is 0 Å². The zero-order valence-electron chi connectivity index (χ0n) is 7.69. The first-order valence-corrected chi connectivity index (χ1v) is 4.39. The average Bonchev–Trinajstić information content (AvgIpc) is 2.02. The van der Waals surface area contributed by atoms with Gasteiger partial charge in [0.25, 0.3) is 0 Å². The van der Waals surface area contributed by atoms with Crippen LogP contribution < -0.4 is 10.6 Å². The molecule has 2 rings (SSSR count). The molecule has 2 N–H and O–H groups in total. The van der Waals surface area contributed by atoms with Crippen molar-refractivity contribution in [2.45, 2.75) is 6.42 Å². The number of hydrogen-bond donors (Lipinski definition) is 2. The van der Waals surface area contributed by atoms with E-state index < -0.39 is 0 Å². The molecule has 0 atom stereocenters. The van der Waals surface area contributed by atoms with E-state index in [0.29, 0.717) is 11.8 Å². The van der Waals surface area contributed by atoms with Crippen LogP contribution in [-0.4, -0.2) is 0 Å². The van der Waals surface area contributed by atoms with E-state index in [0.717, 1.165) is 29.2 Å².